The number of urea groups is 1. The Morgan fingerprint density at radius 2 is 2.26 bits per heavy atom. The van der Waals surface area contributed by atoms with Gasteiger partial charge in [0.15, 0.2) is 5.76 Å². The number of benzene rings is 1. The largest absolute Gasteiger partial charge is 0.452 e. The first-order valence-corrected chi connectivity index (χ1v) is 5.58. The molecule has 8 heteroatoms. The summed E-state index contributed by atoms with van der Waals surface area (Å²) in [7, 11) is 0. The molecule has 8 nitrogen and oxygen atoms in total. The molecule has 0 saturated carbocycles. The smallest absolute Gasteiger partial charge is 0.350 e. The first-order chi connectivity index (χ1) is 9.24. The fourth-order valence-corrected chi connectivity index (χ4v) is 2.11. The van der Waals surface area contributed by atoms with Gasteiger partial charge in [-0.25, -0.2) is 15.6 Å². The van der Waals surface area contributed by atoms with Crippen LogP contribution in [0.4, 0.5) is 4.79 Å². The van der Waals surface area contributed by atoms with Crippen molar-refractivity contribution in [3.05, 3.63) is 35.6 Å². The Labute approximate surface area is 108 Å². The quantitative estimate of drug-likeness (QED) is 0.301. The zero-order valence-corrected chi connectivity index (χ0v) is 9.88. The van der Waals surface area contributed by atoms with Gasteiger partial charge in [-0.1, -0.05) is 18.2 Å². The normalized spacial score (nSPS) is 16.3. The molecule has 1 aliphatic heterocycles. The van der Waals surface area contributed by atoms with E-state index in [9.17, 15) is 4.79 Å². The van der Waals surface area contributed by atoms with Crippen LogP contribution >= 0.6 is 0 Å². The third kappa shape index (κ3) is 1.66. The number of hydrazine groups is 2. The molecule has 1 aromatic heterocycles. The second-order valence-corrected chi connectivity index (χ2v) is 4.03. The highest BCUT2D eigenvalue weighted by molar-refractivity contribution is 6.04. The van der Waals surface area contributed by atoms with Crippen LogP contribution in [0.3, 0.4) is 0 Å². The SMILES string of the molecule is N/N=C1/NN(C(=O)NN)Cc2c1oc1ccccc21. The molecular weight excluding hydrogens is 248 g/mol. The van der Waals surface area contributed by atoms with E-state index in [1.54, 1.807) is 0 Å². The molecule has 0 spiro atoms. The third-order valence-corrected chi connectivity index (χ3v) is 2.97. The second-order valence-electron chi connectivity index (χ2n) is 4.03. The summed E-state index contributed by atoms with van der Waals surface area (Å²) in [4.78, 5) is 11.6. The van der Waals surface area contributed by atoms with Gasteiger partial charge in [-0.3, -0.25) is 10.9 Å². The van der Waals surface area contributed by atoms with Crippen molar-refractivity contribution < 1.29 is 9.21 Å². The van der Waals surface area contributed by atoms with Crippen LogP contribution in [-0.4, -0.2) is 16.9 Å². The molecule has 0 atom stereocenters. The zero-order chi connectivity index (χ0) is 13.4. The van der Waals surface area contributed by atoms with E-state index < -0.39 is 6.03 Å². The molecule has 2 heterocycles. The molecule has 3 rings (SSSR count). The number of carbonyl (C=O) groups excluding carboxylic acids is 1. The average molecular weight is 260 g/mol. The third-order valence-electron chi connectivity index (χ3n) is 2.97. The number of nitrogens with two attached hydrogens (primary N) is 2. The summed E-state index contributed by atoms with van der Waals surface area (Å²) in [6, 6.07) is 7.03. The van der Waals surface area contributed by atoms with E-state index in [1.165, 1.54) is 5.01 Å². The van der Waals surface area contributed by atoms with Crippen molar-refractivity contribution >= 4 is 22.8 Å². The summed E-state index contributed by atoms with van der Waals surface area (Å²) in [6.45, 7) is 0.300. The topological polar surface area (TPSA) is 122 Å². The number of rotatable bonds is 0. The van der Waals surface area contributed by atoms with Crippen LogP contribution in [0.1, 0.15) is 11.3 Å². The van der Waals surface area contributed by atoms with Crippen LogP contribution in [-0.2, 0) is 6.54 Å². The Balaban J connectivity index is 2.15. The van der Waals surface area contributed by atoms with E-state index in [-0.39, 0.29) is 5.84 Å². The summed E-state index contributed by atoms with van der Waals surface area (Å²) in [6.07, 6.45) is 0. The molecule has 0 fully saturated rings. The van der Waals surface area contributed by atoms with E-state index >= 15 is 0 Å². The Kier molecular flexibility index (Phi) is 2.50. The van der Waals surface area contributed by atoms with Gasteiger partial charge in [0.2, 0.25) is 5.84 Å². The molecule has 0 radical (unpaired) electrons. The van der Waals surface area contributed by atoms with Crippen molar-refractivity contribution in [2.45, 2.75) is 6.54 Å². The highest BCUT2D eigenvalue weighted by atomic mass is 16.3. The number of hydrazone groups is 1. The summed E-state index contributed by atoms with van der Waals surface area (Å²) in [5.41, 5.74) is 6.34. The molecule has 1 aromatic carbocycles. The van der Waals surface area contributed by atoms with Gasteiger partial charge in [0.25, 0.3) is 0 Å². The Hall–Kier alpha value is -2.74. The summed E-state index contributed by atoms with van der Waals surface area (Å²) >= 11 is 0. The lowest BCUT2D eigenvalue weighted by atomic mass is 10.1. The number of amidine groups is 1. The van der Waals surface area contributed by atoms with E-state index in [1.807, 2.05) is 29.7 Å². The number of hydrogen-bond acceptors (Lipinski definition) is 5. The van der Waals surface area contributed by atoms with Crippen LogP contribution in [0, 0.1) is 0 Å². The maximum atomic E-state index is 11.6. The predicted molar refractivity (Wildman–Crippen MR) is 68.3 cm³/mol. The van der Waals surface area contributed by atoms with Gasteiger partial charge >= 0.3 is 6.03 Å². The monoisotopic (exact) mass is 260 g/mol. The molecule has 98 valence electrons. The zero-order valence-electron chi connectivity index (χ0n) is 9.88. The van der Waals surface area contributed by atoms with Crippen molar-refractivity contribution in [2.24, 2.45) is 16.8 Å². The maximum Gasteiger partial charge on any atom is 0.350 e. The molecule has 0 bridgehead atoms. The van der Waals surface area contributed by atoms with Gasteiger partial charge in [-0.05, 0) is 6.07 Å². The number of hydrogen-bond donors (Lipinski definition) is 4. The number of nitrogens with one attached hydrogen (secondary N) is 2. The first-order valence-electron chi connectivity index (χ1n) is 5.58. The molecule has 0 saturated heterocycles. The van der Waals surface area contributed by atoms with E-state index in [0.717, 1.165) is 10.9 Å². The van der Waals surface area contributed by atoms with Crippen molar-refractivity contribution in [2.75, 3.05) is 0 Å². The minimum Gasteiger partial charge on any atom is -0.452 e. The fourth-order valence-electron chi connectivity index (χ4n) is 2.11. The lowest BCUT2D eigenvalue weighted by molar-refractivity contribution is 0.180. The summed E-state index contributed by atoms with van der Waals surface area (Å²) < 4.78 is 5.69. The summed E-state index contributed by atoms with van der Waals surface area (Å²) in [5.74, 6) is 11.3. The standard InChI is InChI=1S/C11H12N6O2/c12-14-10-9-7(5-17(16-10)11(18)15-13)6-3-1-2-4-8(6)19-9/h1-4H,5,12-13H2,(H,14,16)(H,15,18). The number of amides is 2. The van der Waals surface area contributed by atoms with Crippen LogP contribution in [0.15, 0.2) is 33.8 Å². The van der Waals surface area contributed by atoms with E-state index in [2.05, 4.69) is 10.5 Å². The van der Waals surface area contributed by atoms with Crippen molar-refractivity contribution in [3.8, 4) is 0 Å². The van der Waals surface area contributed by atoms with Crippen molar-refractivity contribution in [1.29, 1.82) is 0 Å². The average Bonchev–Trinajstić information content (AvgIpc) is 2.84. The van der Waals surface area contributed by atoms with Gasteiger partial charge in [0.05, 0.1) is 6.54 Å². The second kappa shape index (κ2) is 4.18. The Morgan fingerprint density at radius 3 is 3.00 bits per heavy atom. The molecule has 0 unspecified atom stereocenters. The molecule has 2 aromatic rings. The Bertz CT molecular complexity index is 677. The highest BCUT2D eigenvalue weighted by Crippen LogP contribution is 2.29. The molecule has 1 aliphatic rings. The molecular formula is C11H12N6O2. The van der Waals surface area contributed by atoms with Gasteiger partial charge in [-0.15, -0.1) is 0 Å². The minimum absolute atomic E-state index is 0.279. The summed E-state index contributed by atoms with van der Waals surface area (Å²) in [5, 5.41) is 5.79. The number of fused-ring (bicyclic) bond motifs is 3. The van der Waals surface area contributed by atoms with E-state index in [0.29, 0.717) is 17.9 Å². The molecule has 0 aliphatic carbocycles. The van der Waals surface area contributed by atoms with Crippen molar-refractivity contribution in [3.63, 3.8) is 0 Å². The number of furan rings is 1. The van der Waals surface area contributed by atoms with E-state index in [4.69, 9.17) is 16.1 Å². The van der Waals surface area contributed by atoms with Crippen LogP contribution in [0.25, 0.3) is 11.0 Å². The lowest BCUT2D eigenvalue weighted by Crippen LogP contribution is -2.54. The first kappa shape index (κ1) is 11.4. The van der Waals surface area contributed by atoms with Gasteiger partial charge in [0, 0.05) is 10.9 Å². The lowest BCUT2D eigenvalue weighted by Gasteiger charge is -2.27. The van der Waals surface area contributed by atoms with Crippen LogP contribution < -0.4 is 22.5 Å². The minimum atomic E-state index is -0.489. The van der Waals surface area contributed by atoms with Gasteiger partial charge < -0.3 is 10.3 Å². The van der Waals surface area contributed by atoms with Gasteiger partial charge in [0.1, 0.15) is 5.58 Å². The van der Waals surface area contributed by atoms with Crippen LogP contribution in [0.5, 0.6) is 0 Å². The van der Waals surface area contributed by atoms with Crippen LogP contribution in [0.2, 0.25) is 0 Å². The number of nitrogens with zero attached hydrogens (tertiary/aromatic N) is 2. The highest BCUT2D eigenvalue weighted by Gasteiger charge is 2.29. The number of para-hydroxylation sites is 1. The fraction of sp³-hybridized carbons (Fsp3) is 0.0909. The molecule has 19 heavy (non-hydrogen) atoms. The molecule has 6 N–H and O–H groups in total. The van der Waals surface area contributed by atoms with Crippen molar-refractivity contribution in [1.82, 2.24) is 15.9 Å². The maximum absolute atomic E-state index is 11.6. The van der Waals surface area contributed by atoms with Gasteiger partial charge in [-0.2, -0.15) is 5.10 Å². The molecule has 2 amide bonds. The predicted octanol–water partition coefficient (Wildman–Crippen LogP) is -0.0434. The number of carbonyl (C=O) groups is 1. The Morgan fingerprint density at radius 1 is 1.47 bits per heavy atom.